The number of hydrogen-bond acceptors (Lipinski definition) is 3. The summed E-state index contributed by atoms with van der Waals surface area (Å²) in [6, 6.07) is 2.78. The molecular weight excluding hydrogens is 285 g/mol. The molecule has 2 N–H and O–H groups in total. The van der Waals surface area contributed by atoms with Gasteiger partial charge in [-0.25, -0.2) is 13.1 Å². The molecule has 17 heavy (non-hydrogen) atoms. The Morgan fingerprint density at radius 3 is 2.47 bits per heavy atom. The number of aryl methyl sites for hydroxylation is 1. The van der Waals surface area contributed by atoms with Crippen LogP contribution >= 0.6 is 23.2 Å². The number of nitrogens with one attached hydrogen (secondary N) is 1. The molecular formula is C10H13Cl2NO3S. The van der Waals surface area contributed by atoms with Gasteiger partial charge in [-0.2, -0.15) is 0 Å². The van der Waals surface area contributed by atoms with E-state index in [1.54, 1.807) is 6.92 Å². The number of halogens is 2. The standard InChI is InChI=1S/C10H13Cl2NO3S/c1-6-3-10(9(12)4-8(6)11)17(15,16)13-5-7(2)14/h3-4,7,13-14H,5H2,1-2H3/t7-/m1/s1. The lowest BCUT2D eigenvalue weighted by molar-refractivity contribution is 0.198. The summed E-state index contributed by atoms with van der Waals surface area (Å²) in [5, 5.41) is 9.51. The lowest BCUT2D eigenvalue weighted by Crippen LogP contribution is -2.30. The number of sulfonamides is 1. The molecule has 0 saturated carbocycles. The summed E-state index contributed by atoms with van der Waals surface area (Å²) in [6.07, 6.45) is -0.767. The Morgan fingerprint density at radius 1 is 1.35 bits per heavy atom. The van der Waals surface area contributed by atoms with Crippen molar-refractivity contribution in [3.8, 4) is 0 Å². The van der Waals surface area contributed by atoms with Crippen molar-refractivity contribution in [3.05, 3.63) is 27.7 Å². The molecule has 0 aliphatic heterocycles. The van der Waals surface area contributed by atoms with Crippen molar-refractivity contribution in [1.82, 2.24) is 4.72 Å². The predicted octanol–water partition coefficient (Wildman–Crippen LogP) is 1.96. The summed E-state index contributed by atoms with van der Waals surface area (Å²) in [5.74, 6) is 0. The van der Waals surface area contributed by atoms with Crippen LogP contribution in [0.1, 0.15) is 12.5 Å². The first-order valence-electron chi connectivity index (χ1n) is 4.87. The Balaban J connectivity index is 3.11. The molecule has 1 rings (SSSR count). The maximum atomic E-state index is 11.9. The normalized spacial score (nSPS) is 13.7. The summed E-state index contributed by atoms with van der Waals surface area (Å²) in [4.78, 5) is -0.0401. The first-order chi connectivity index (χ1) is 7.74. The van der Waals surface area contributed by atoms with Crippen LogP contribution in [0, 0.1) is 6.92 Å². The molecule has 0 heterocycles. The lowest BCUT2D eigenvalue weighted by Gasteiger charge is -2.11. The molecule has 7 heteroatoms. The smallest absolute Gasteiger partial charge is 0.242 e. The summed E-state index contributed by atoms with van der Waals surface area (Å²) in [7, 11) is -3.73. The molecule has 96 valence electrons. The number of benzene rings is 1. The van der Waals surface area contributed by atoms with E-state index in [2.05, 4.69) is 4.72 Å². The third-order valence-corrected chi connectivity index (χ3v) is 4.37. The monoisotopic (exact) mass is 297 g/mol. The number of rotatable bonds is 4. The third kappa shape index (κ3) is 3.82. The summed E-state index contributed by atoms with van der Waals surface area (Å²) >= 11 is 11.7. The molecule has 0 bridgehead atoms. The molecule has 0 radical (unpaired) electrons. The summed E-state index contributed by atoms with van der Waals surface area (Å²) in [6.45, 7) is 3.10. The maximum absolute atomic E-state index is 11.9. The molecule has 0 unspecified atom stereocenters. The van der Waals surface area contributed by atoms with Crippen LogP contribution < -0.4 is 4.72 Å². The van der Waals surface area contributed by atoms with Gasteiger partial charge in [0, 0.05) is 11.6 Å². The van der Waals surface area contributed by atoms with Gasteiger partial charge >= 0.3 is 0 Å². The van der Waals surface area contributed by atoms with Crippen molar-refractivity contribution in [3.63, 3.8) is 0 Å². The van der Waals surface area contributed by atoms with E-state index >= 15 is 0 Å². The summed E-state index contributed by atoms with van der Waals surface area (Å²) < 4.78 is 26.0. The Kier molecular flexibility index (Phi) is 4.80. The minimum absolute atomic E-state index is 0.0401. The van der Waals surface area contributed by atoms with Crippen LogP contribution in [0.4, 0.5) is 0 Å². The average molecular weight is 298 g/mol. The second kappa shape index (κ2) is 5.54. The zero-order chi connectivity index (χ0) is 13.2. The van der Waals surface area contributed by atoms with E-state index in [1.807, 2.05) is 0 Å². The van der Waals surface area contributed by atoms with Crippen LogP contribution in [-0.2, 0) is 10.0 Å². The maximum Gasteiger partial charge on any atom is 0.242 e. The van der Waals surface area contributed by atoms with Gasteiger partial charge in [-0.1, -0.05) is 23.2 Å². The van der Waals surface area contributed by atoms with Gasteiger partial charge in [0.15, 0.2) is 0 Å². The SMILES string of the molecule is Cc1cc(S(=O)(=O)NC[C@@H](C)O)c(Cl)cc1Cl. The highest BCUT2D eigenvalue weighted by atomic mass is 35.5. The molecule has 1 aromatic carbocycles. The molecule has 0 saturated heterocycles. The molecule has 0 aromatic heterocycles. The Morgan fingerprint density at radius 2 is 1.94 bits per heavy atom. The predicted molar refractivity (Wildman–Crippen MR) is 68.1 cm³/mol. The molecule has 1 aromatic rings. The second-order valence-electron chi connectivity index (χ2n) is 3.73. The lowest BCUT2D eigenvalue weighted by atomic mass is 10.2. The third-order valence-electron chi connectivity index (χ3n) is 2.07. The zero-order valence-corrected chi connectivity index (χ0v) is 11.7. The Bertz CT molecular complexity index is 515. The van der Waals surface area contributed by atoms with Gasteiger partial charge in [-0.15, -0.1) is 0 Å². The molecule has 0 fully saturated rings. The van der Waals surface area contributed by atoms with E-state index in [0.29, 0.717) is 10.6 Å². The van der Waals surface area contributed by atoms with Crippen molar-refractivity contribution in [2.24, 2.45) is 0 Å². The highest BCUT2D eigenvalue weighted by Crippen LogP contribution is 2.27. The topological polar surface area (TPSA) is 66.4 Å². The minimum atomic E-state index is -3.73. The highest BCUT2D eigenvalue weighted by molar-refractivity contribution is 7.89. The van der Waals surface area contributed by atoms with Gasteiger partial charge in [0.05, 0.1) is 11.1 Å². The molecule has 0 spiro atoms. The van der Waals surface area contributed by atoms with Crippen LogP contribution in [0.25, 0.3) is 0 Å². The minimum Gasteiger partial charge on any atom is -0.392 e. The number of aliphatic hydroxyl groups is 1. The van der Waals surface area contributed by atoms with Crippen molar-refractivity contribution in [2.75, 3.05) is 6.54 Å². The Hall–Kier alpha value is -0.330. The molecule has 4 nitrogen and oxygen atoms in total. The van der Waals surface area contributed by atoms with E-state index in [1.165, 1.54) is 19.1 Å². The van der Waals surface area contributed by atoms with Crippen molar-refractivity contribution >= 4 is 33.2 Å². The molecule has 1 atom stereocenters. The van der Waals surface area contributed by atoms with Crippen molar-refractivity contribution < 1.29 is 13.5 Å². The fraction of sp³-hybridized carbons (Fsp3) is 0.400. The van der Waals surface area contributed by atoms with E-state index in [-0.39, 0.29) is 16.5 Å². The van der Waals surface area contributed by atoms with E-state index in [9.17, 15) is 8.42 Å². The van der Waals surface area contributed by atoms with Gasteiger partial charge in [0.2, 0.25) is 10.0 Å². The van der Waals surface area contributed by atoms with Crippen molar-refractivity contribution in [2.45, 2.75) is 24.8 Å². The van der Waals surface area contributed by atoms with Crippen LogP contribution in [0.2, 0.25) is 10.0 Å². The number of aliphatic hydroxyl groups excluding tert-OH is 1. The van der Waals surface area contributed by atoms with Gasteiger partial charge in [0.1, 0.15) is 4.90 Å². The van der Waals surface area contributed by atoms with Crippen LogP contribution in [-0.4, -0.2) is 26.2 Å². The van der Waals surface area contributed by atoms with Gasteiger partial charge in [-0.05, 0) is 31.5 Å². The highest BCUT2D eigenvalue weighted by Gasteiger charge is 2.19. The van der Waals surface area contributed by atoms with Gasteiger partial charge in [0.25, 0.3) is 0 Å². The largest absolute Gasteiger partial charge is 0.392 e. The summed E-state index contributed by atoms with van der Waals surface area (Å²) in [5.41, 5.74) is 0.619. The fourth-order valence-electron chi connectivity index (χ4n) is 1.14. The Labute approximate surface area is 111 Å². The molecule has 0 aliphatic carbocycles. The fourth-order valence-corrected chi connectivity index (χ4v) is 3.10. The van der Waals surface area contributed by atoms with E-state index < -0.39 is 16.1 Å². The molecule has 0 aliphatic rings. The first kappa shape index (κ1) is 14.7. The van der Waals surface area contributed by atoms with Gasteiger partial charge < -0.3 is 5.11 Å². The number of hydrogen-bond donors (Lipinski definition) is 2. The van der Waals surface area contributed by atoms with Crippen LogP contribution in [0.5, 0.6) is 0 Å². The first-order valence-corrected chi connectivity index (χ1v) is 7.11. The van der Waals surface area contributed by atoms with E-state index in [4.69, 9.17) is 28.3 Å². The quantitative estimate of drug-likeness (QED) is 0.893. The second-order valence-corrected chi connectivity index (χ2v) is 6.28. The zero-order valence-electron chi connectivity index (χ0n) is 9.37. The van der Waals surface area contributed by atoms with E-state index in [0.717, 1.165) is 0 Å². The average Bonchev–Trinajstić information content (AvgIpc) is 2.20. The molecule has 0 amide bonds. The van der Waals surface area contributed by atoms with Crippen LogP contribution in [0.15, 0.2) is 17.0 Å². The van der Waals surface area contributed by atoms with Crippen molar-refractivity contribution in [1.29, 1.82) is 0 Å². The van der Waals surface area contributed by atoms with Crippen LogP contribution in [0.3, 0.4) is 0 Å². The van der Waals surface area contributed by atoms with Gasteiger partial charge in [-0.3, -0.25) is 0 Å².